The van der Waals surface area contributed by atoms with Gasteiger partial charge in [-0.25, -0.2) is 9.97 Å². The Morgan fingerprint density at radius 1 is 1.17 bits per heavy atom. The Kier molecular flexibility index (Phi) is 0.819. The van der Waals surface area contributed by atoms with Gasteiger partial charge in [-0.15, -0.1) is 0 Å². The van der Waals surface area contributed by atoms with Crippen molar-refractivity contribution in [2.24, 2.45) is 0 Å². The van der Waals surface area contributed by atoms with E-state index in [2.05, 4.69) is 9.97 Å². The van der Waals surface area contributed by atoms with Gasteiger partial charge in [-0.3, -0.25) is 0 Å². The molecule has 0 aliphatic carbocycles. The molecule has 32 valence electrons. The van der Waals surface area contributed by atoms with Gasteiger partial charge in [0.1, 0.15) is 6.33 Å². The van der Waals surface area contributed by atoms with E-state index in [1.807, 2.05) is 0 Å². The van der Waals surface area contributed by atoms with E-state index >= 15 is 0 Å². The van der Waals surface area contributed by atoms with Crippen LogP contribution in [-0.2, 0) is 0 Å². The average Bonchev–Trinajstić information content (AvgIpc) is 1.72. The molecule has 6 heavy (non-hydrogen) atoms. The van der Waals surface area contributed by atoms with Gasteiger partial charge in [0.25, 0.3) is 0 Å². The third-order valence-electron chi connectivity index (χ3n) is 0.478. The smallest absolute Gasteiger partial charge is 0.115 e. The van der Waals surface area contributed by atoms with Crippen LogP contribution in [0.5, 0.6) is 0 Å². The highest BCUT2D eigenvalue weighted by atomic mass is 14.8. The molecule has 2 heteroatoms. The highest BCUT2D eigenvalue weighted by molar-refractivity contribution is 4.74. The minimum atomic E-state index is 0. The van der Waals surface area contributed by atoms with E-state index < -0.39 is 0 Å². The minimum absolute atomic E-state index is 0. The van der Waals surface area contributed by atoms with Gasteiger partial charge in [0.05, 0.1) is 0 Å². The molecule has 0 aliphatic heterocycles. The van der Waals surface area contributed by atoms with Crippen molar-refractivity contribution in [2.75, 3.05) is 0 Å². The predicted molar refractivity (Wildman–Crippen MR) is 24.1 cm³/mol. The summed E-state index contributed by atoms with van der Waals surface area (Å²) in [5.41, 5.74) is 0. The van der Waals surface area contributed by atoms with Gasteiger partial charge in [0, 0.05) is 13.8 Å². The van der Waals surface area contributed by atoms with Crippen molar-refractivity contribution in [1.29, 1.82) is 0 Å². The molecule has 0 fully saturated rings. The highest BCUT2D eigenvalue weighted by Gasteiger charge is 1.59. The second kappa shape index (κ2) is 1.50. The van der Waals surface area contributed by atoms with Crippen molar-refractivity contribution in [3.63, 3.8) is 0 Å². The average molecular weight is 84.1 g/mol. The van der Waals surface area contributed by atoms with Gasteiger partial charge < -0.3 is 0 Å². The molecule has 0 aromatic carbocycles. The topological polar surface area (TPSA) is 25.8 Å². The third-order valence-corrected chi connectivity index (χ3v) is 0.478. The first-order valence-electron chi connectivity index (χ1n) is 1.70. The van der Waals surface area contributed by atoms with E-state index in [9.17, 15) is 0 Å². The first-order valence-corrected chi connectivity index (χ1v) is 1.70. The predicted octanol–water partition coefficient (Wildman–Crippen LogP) is 0.723. The summed E-state index contributed by atoms with van der Waals surface area (Å²) in [5.74, 6) is 0. The van der Waals surface area contributed by atoms with Crippen LogP contribution in [0.2, 0.25) is 0 Å². The van der Waals surface area contributed by atoms with Crippen LogP contribution in [0.4, 0.5) is 0 Å². The van der Waals surface area contributed by atoms with Crippen LogP contribution in [0.15, 0.2) is 24.8 Å². The van der Waals surface area contributed by atoms with Crippen LogP contribution < -0.4 is 0 Å². The fourth-order valence-electron chi connectivity index (χ4n) is 0.253. The summed E-state index contributed by atoms with van der Waals surface area (Å²) in [6, 6.07) is 1.78. The van der Waals surface area contributed by atoms with Crippen LogP contribution in [-0.4, -0.2) is 9.97 Å². The molecule has 0 saturated heterocycles. The van der Waals surface area contributed by atoms with Gasteiger partial charge in [0.15, 0.2) is 0 Å². The van der Waals surface area contributed by atoms with E-state index in [4.69, 9.17) is 0 Å². The van der Waals surface area contributed by atoms with Gasteiger partial charge in [0.2, 0.25) is 0 Å². The van der Waals surface area contributed by atoms with Crippen molar-refractivity contribution in [1.82, 2.24) is 9.97 Å². The van der Waals surface area contributed by atoms with Crippen molar-refractivity contribution in [3.8, 4) is 0 Å². The quantitative estimate of drug-likeness (QED) is 0.463. The summed E-state index contributed by atoms with van der Waals surface area (Å²) >= 11 is 0. The Labute approximate surface area is 37.4 Å². The molecule has 0 N–H and O–H groups in total. The Balaban J connectivity index is 0.000000360. The molecule has 1 aromatic heterocycles. The molecule has 0 radical (unpaired) electrons. The lowest BCUT2D eigenvalue weighted by Gasteiger charge is -1.70. The maximum atomic E-state index is 3.67. The van der Waals surface area contributed by atoms with Gasteiger partial charge in [-0.1, -0.05) is 0 Å². The van der Waals surface area contributed by atoms with Crippen LogP contribution in [0.3, 0.4) is 0 Å². The van der Waals surface area contributed by atoms with Crippen LogP contribution >= 0.6 is 0 Å². The summed E-state index contributed by atoms with van der Waals surface area (Å²) in [6.07, 6.45) is 4.88. The van der Waals surface area contributed by atoms with Crippen molar-refractivity contribution < 1.29 is 1.43 Å². The second-order valence-corrected chi connectivity index (χ2v) is 0.904. The Morgan fingerprint density at radius 3 is 2.00 bits per heavy atom. The van der Waals surface area contributed by atoms with Gasteiger partial charge >= 0.3 is 0 Å². The Bertz CT molecular complexity index is 81.6. The molecule has 0 atom stereocenters. The van der Waals surface area contributed by atoms with Gasteiger partial charge in [-0.05, 0) is 6.07 Å². The molecular weight excluding hydrogens is 76.1 g/mol. The SMILES string of the molecule is [3HH].c1cncnc1. The summed E-state index contributed by atoms with van der Waals surface area (Å²) in [5, 5.41) is 0. The highest BCUT2D eigenvalue weighted by Crippen LogP contribution is 1.66. The number of aromatic nitrogens is 2. The maximum Gasteiger partial charge on any atom is 0.115 e. The van der Waals surface area contributed by atoms with Crippen molar-refractivity contribution in [2.45, 2.75) is 0 Å². The number of hydrogen-bond acceptors (Lipinski definition) is 2. The Morgan fingerprint density at radius 2 is 1.83 bits per heavy atom. The van der Waals surface area contributed by atoms with E-state index in [1.165, 1.54) is 6.33 Å². The third kappa shape index (κ3) is 0.516. The zero-order valence-corrected chi connectivity index (χ0v) is 3.20. The molecule has 0 spiro atoms. The molecule has 0 amide bonds. The molecule has 1 aromatic rings. The summed E-state index contributed by atoms with van der Waals surface area (Å²) < 4.78 is 0. The molecule has 0 unspecified atom stereocenters. The lowest BCUT2D eigenvalue weighted by atomic mass is 10.7. The lowest BCUT2D eigenvalue weighted by Crippen LogP contribution is -1.66. The monoisotopic (exact) mass is 84.1 g/mol. The van der Waals surface area contributed by atoms with E-state index in [1.54, 1.807) is 18.5 Å². The fraction of sp³-hybridized carbons (Fsp3) is 0. The minimum Gasteiger partial charge on any atom is -0.245 e. The summed E-state index contributed by atoms with van der Waals surface area (Å²) in [4.78, 5) is 7.35. The summed E-state index contributed by atoms with van der Waals surface area (Å²) in [7, 11) is 0. The molecule has 1 rings (SSSR count). The zero-order valence-electron chi connectivity index (χ0n) is 3.20. The molecular formula is C4H6N2. The fourth-order valence-corrected chi connectivity index (χ4v) is 0.253. The summed E-state index contributed by atoms with van der Waals surface area (Å²) in [6.45, 7) is 0. The lowest BCUT2D eigenvalue weighted by molar-refractivity contribution is 1.17. The largest absolute Gasteiger partial charge is 0.245 e. The van der Waals surface area contributed by atoms with Crippen LogP contribution in [0.25, 0.3) is 0 Å². The number of hydrogen-bond donors (Lipinski definition) is 0. The second-order valence-electron chi connectivity index (χ2n) is 0.904. The number of nitrogens with zero attached hydrogens (tertiary/aromatic N) is 2. The maximum absolute atomic E-state index is 3.67. The van der Waals surface area contributed by atoms with Crippen LogP contribution in [0, 0.1) is 0 Å². The molecule has 1 heterocycles. The van der Waals surface area contributed by atoms with E-state index in [0.717, 1.165) is 0 Å². The molecule has 0 aliphatic rings. The van der Waals surface area contributed by atoms with Crippen molar-refractivity contribution in [3.05, 3.63) is 24.8 Å². The van der Waals surface area contributed by atoms with Crippen LogP contribution in [0.1, 0.15) is 1.43 Å². The molecule has 0 saturated carbocycles. The molecule has 0 bridgehead atoms. The zero-order chi connectivity index (χ0) is 4.24. The first-order chi connectivity index (χ1) is 3.00. The van der Waals surface area contributed by atoms with E-state index in [0.29, 0.717) is 0 Å². The van der Waals surface area contributed by atoms with Gasteiger partial charge in [-0.2, -0.15) is 0 Å². The first kappa shape index (κ1) is 3.28. The normalized spacial score (nSPS) is 8.00. The van der Waals surface area contributed by atoms with E-state index in [-0.39, 0.29) is 1.43 Å². The standard InChI is InChI=1S/C4H4N2.H2/c1-2-5-4-6-3-1;/h1-4H;1H/i;1+2. The molecule has 2 nitrogen and oxygen atoms in total. The Hall–Kier alpha value is -0.920. The van der Waals surface area contributed by atoms with Crippen molar-refractivity contribution >= 4 is 0 Å². The number of rotatable bonds is 0.